The van der Waals surface area contributed by atoms with E-state index in [4.69, 9.17) is 5.73 Å². The van der Waals surface area contributed by atoms with Crippen LogP contribution in [0.1, 0.15) is 53.6 Å². The molecule has 26 heavy (non-hydrogen) atoms. The number of benzene rings is 1. The molecule has 7 nitrogen and oxygen atoms in total. The molecule has 138 valence electrons. The fraction of sp³-hybridized carbons (Fsp3) is 0.526. The molecule has 3 atom stereocenters. The maximum Gasteiger partial charge on any atom is 0.255 e. The number of nitrogens with zero attached hydrogens (tertiary/aromatic N) is 1. The molecule has 2 heterocycles. The van der Waals surface area contributed by atoms with Crippen LogP contribution in [-0.2, 0) is 22.7 Å². The Bertz CT molecular complexity index is 763. The summed E-state index contributed by atoms with van der Waals surface area (Å²) in [6.07, 6.45) is 3.88. The van der Waals surface area contributed by atoms with E-state index >= 15 is 0 Å². The highest BCUT2D eigenvalue weighted by molar-refractivity contribution is 6.05. The summed E-state index contributed by atoms with van der Waals surface area (Å²) in [7, 11) is 0. The fourth-order valence-corrected chi connectivity index (χ4v) is 4.32. The first-order valence-electron chi connectivity index (χ1n) is 9.29. The number of nitrogens with one attached hydrogen (secondary N) is 2. The lowest BCUT2D eigenvalue weighted by Crippen LogP contribution is -2.52. The van der Waals surface area contributed by atoms with Gasteiger partial charge in [-0.25, -0.2) is 0 Å². The minimum atomic E-state index is -0.573. The average Bonchev–Trinajstić information content (AvgIpc) is 3.17. The van der Waals surface area contributed by atoms with Crippen molar-refractivity contribution in [3.05, 3.63) is 34.9 Å². The number of carbonyl (C=O) groups is 3. The molecule has 1 unspecified atom stereocenters. The summed E-state index contributed by atoms with van der Waals surface area (Å²) in [5.74, 6) is -0.769. The maximum absolute atomic E-state index is 13.0. The highest BCUT2D eigenvalue weighted by atomic mass is 16.2. The molecule has 0 radical (unpaired) electrons. The van der Waals surface area contributed by atoms with Crippen LogP contribution in [0.25, 0.3) is 0 Å². The van der Waals surface area contributed by atoms with E-state index in [-0.39, 0.29) is 36.2 Å². The molecule has 1 saturated heterocycles. The van der Waals surface area contributed by atoms with Crippen molar-refractivity contribution < 1.29 is 14.4 Å². The molecule has 1 aromatic rings. The first kappa shape index (κ1) is 17.2. The highest BCUT2D eigenvalue weighted by Crippen LogP contribution is 2.30. The molecule has 4 N–H and O–H groups in total. The fourth-order valence-electron chi connectivity index (χ4n) is 4.32. The van der Waals surface area contributed by atoms with Gasteiger partial charge in [0.05, 0.1) is 0 Å². The van der Waals surface area contributed by atoms with Crippen LogP contribution >= 0.6 is 0 Å². The second-order valence-corrected chi connectivity index (χ2v) is 7.43. The molecule has 1 saturated carbocycles. The Balaban J connectivity index is 1.51. The van der Waals surface area contributed by atoms with Crippen LogP contribution in [0.2, 0.25) is 0 Å². The zero-order valence-corrected chi connectivity index (χ0v) is 14.7. The monoisotopic (exact) mass is 356 g/mol. The van der Waals surface area contributed by atoms with E-state index in [1.54, 1.807) is 4.90 Å². The zero-order valence-electron chi connectivity index (χ0n) is 14.7. The number of imide groups is 1. The van der Waals surface area contributed by atoms with E-state index in [9.17, 15) is 14.4 Å². The normalized spacial score (nSPS) is 28.4. The summed E-state index contributed by atoms with van der Waals surface area (Å²) in [6, 6.07) is 5.72. The van der Waals surface area contributed by atoms with Gasteiger partial charge in [0, 0.05) is 37.2 Å². The third kappa shape index (κ3) is 3.01. The Morgan fingerprint density at radius 1 is 1.19 bits per heavy atom. The van der Waals surface area contributed by atoms with Gasteiger partial charge in [-0.1, -0.05) is 24.6 Å². The predicted octanol–water partition coefficient (Wildman–Crippen LogP) is 0.417. The van der Waals surface area contributed by atoms with Gasteiger partial charge in [-0.3, -0.25) is 19.7 Å². The van der Waals surface area contributed by atoms with Crippen molar-refractivity contribution >= 4 is 17.7 Å². The molecule has 7 heteroatoms. The van der Waals surface area contributed by atoms with Crippen molar-refractivity contribution in [3.63, 3.8) is 0 Å². The van der Waals surface area contributed by atoms with Gasteiger partial charge in [0.25, 0.3) is 5.91 Å². The van der Waals surface area contributed by atoms with Gasteiger partial charge in [-0.05, 0) is 30.4 Å². The zero-order chi connectivity index (χ0) is 18.3. The Morgan fingerprint density at radius 2 is 2.04 bits per heavy atom. The second kappa shape index (κ2) is 6.81. The summed E-state index contributed by atoms with van der Waals surface area (Å²) in [5.41, 5.74) is 8.70. The van der Waals surface area contributed by atoms with E-state index in [2.05, 4.69) is 10.6 Å². The molecule has 0 spiro atoms. The molecular formula is C19H24N4O3. The standard InChI is InChI=1S/C19H24N4O3/c20-13-5-2-6-14(13)21-9-11-3-1-4-12-10-23(19(26)17(11)12)15-7-8-16(24)22-18(15)25/h1,3-4,13-15,21H,2,5-10,20H2,(H,22,24,25)/t13-,14+,15?/m0/s1. The summed E-state index contributed by atoms with van der Waals surface area (Å²) in [6.45, 7) is 1.01. The Labute approximate surface area is 152 Å². The number of hydrogen-bond acceptors (Lipinski definition) is 5. The number of nitrogens with two attached hydrogens (primary N) is 1. The van der Waals surface area contributed by atoms with Crippen LogP contribution in [0.15, 0.2) is 18.2 Å². The van der Waals surface area contributed by atoms with Crippen LogP contribution in [0.4, 0.5) is 0 Å². The third-order valence-electron chi connectivity index (χ3n) is 5.76. The van der Waals surface area contributed by atoms with E-state index in [0.29, 0.717) is 25.1 Å². The molecule has 2 aliphatic heterocycles. The highest BCUT2D eigenvalue weighted by Gasteiger charge is 2.40. The number of fused-ring (bicyclic) bond motifs is 1. The molecule has 0 bridgehead atoms. The number of amides is 3. The lowest BCUT2D eigenvalue weighted by Gasteiger charge is -2.29. The van der Waals surface area contributed by atoms with Gasteiger partial charge in [0.15, 0.2) is 0 Å². The van der Waals surface area contributed by atoms with Crippen LogP contribution in [0.5, 0.6) is 0 Å². The molecule has 3 amide bonds. The molecule has 4 rings (SSSR count). The van der Waals surface area contributed by atoms with Gasteiger partial charge < -0.3 is 16.0 Å². The quantitative estimate of drug-likeness (QED) is 0.678. The smallest absolute Gasteiger partial charge is 0.255 e. The minimum absolute atomic E-state index is 0.123. The number of piperidine rings is 1. The van der Waals surface area contributed by atoms with Crippen molar-refractivity contribution in [2.24, 2.45) is 5.73 Å². The Hall–Kier alpha value is -2.25. The van der Waals surface area contributed by atoms with Gasteiger partial charge >= 0.3 is 0 Å². The van der Waals surface area contributed by atoms with Crippen LogP contribution in [0.3, 0.4) is 0 Å². The second-order valence-electron chi connectivity index (χ2n) is 7.43. The van der Waals surface area contributed by atoms with Gasteiger partial charge in [0.1, 0.15) is 6.04 Å². The average molecular weight is 356 g/mol. The van der Waals surface area contributed by atoms with Crippen molar-refractivity contribution in [3.8, 4) is 0 Å². The lowest BCUT2D eigenvalue weighted by molar-refractivity contribution is -0.136. The van der Waals surface area contributed by atoms with Gasteiger partial charge in [0.2, 0.25) is 11.8 Å². The number of hydrogen-bond donors (Lipinski definition) is 3. The third-order valence-corrected chi connectivity index (χ3v) is 5.76. The molecule has 0 aromatic heterocycles. The SMILES string of the molecule is N[C@H]1CCC[C@H]1NCc1cccc2c1C(=O)N(C1CCC(=O)NC1=O)C2. The van der Waals surface area contributed by atoms with Crippen molar-refractivity contribution in [1.29, 1.82) is 0 Å². The maximum atomic E-state index is 13.0. The topological polar surface area (TPSA) is 105 Å². The van der Waals surface area contributed by atoms with Gasteiger partial charge in [-0.2, -0.15) is 0 Å². The van der Waals surface area contributed by atoms with E-state index in [1.165, 1.54) is 0 Å². The first-order valence-corrected chi connectivity index (χ1v) is 9.29. The molecular weight excluding hydrogens is 332 g/mol. The Morgan fingerprint density at radius 3 is 2.77 bits per heavy atom. The molecule has 1 aromatic carbocycles. The van der Waals surface area contributed by atoms with E-state index in [0.717, 1.165) is 30.4 Å². The van der Waals surface area contributed by atoms with Crippen LogP contribution < -0.4 is 16.4 Å². The van der Waals surface area contributed by atoms with Crippen molar-refractivity contribution in [2.45, 2.75) is 63.3 Å². The number of carbonyl (C=O) groups excluding carboxylic acids is 3. The predicted molar refractivity (Wildman–Crippen MR) is 94.9 cm³/mol. The molecule has 1 aliphatic carbocycles. The summed E-state index contributed by atoms with van der Waals surface area (Å²) < 4.78 is 0. The minimum Gasteiger partial charge on any atom is -0.326 e. The molecule has 2 fully saturated rings. The first-order chi connectivity index (χ1) is 12.5. The van der Waals surface area contributed by atoms with Gasteiger partial charge in [-0.15, -0.1) is 0 Å². The largest absolute Gasteiger partial charge is 0.326 e. The van der Waals surface area contributed by atoms with Crippen molar-refractivity contribution in [1.82, 2.24) is 15.5 Å². The summed E-state index contributed by atoms with van der Waals surface area (Å²) >= 11 is 0. The molecule has 3 aliphatic rings. The lowest BCUT2D eigenvalue weighted by atomic mass is 10.0. The van der Waals surface area contributed by atoms with Crippen LogP contribution in [-0.4, -0.2) is 40.7 Å². The number of rotatable bonds is 4. The van der Waals surface area contributed by atoms with E-state index in [1.807, 2.05) is 18.2 Å². The Kier molecular flexibility index (Phi) is 4.50. The summed E-state index contributed by atoms with van der Waals surface area (Å²) in [5, 5.41) is 5.82. The van der Waals surface area contributed by atoms with Crippen LogP contribution in [0, 0.1) is 0 Å². The van der Waals surface area contributed by atoms with Crippen molar-refractivity contribution in [2.75, 3.05) is 0 Å². The summed E-state index contributed by atoms with van der Waals surface area (Å²) in [4.78, 5) is 38.1. The van der Waals surface area contributed by atoms with E-state index < -0.39 is 6.04 Å².